The summed E-state index contributed by atoms with van der Waals surface area (Å²) < 4.78 is 1.55. The zero-order valence-electron chi connectivity index (χ0n) is 10.7. The number of nitrogens with two attached hydrogens (primary N) is 1. The first kappa shape index (κ1) is 12.5. The molecule has 1 heterocycles. The standard InChI is InChI=1S/C13H14N6O/c14-10-2-1-9(7-10)13(20)16-11-3-5-12(6-4-11)19-8-15-17-18-19/h1-6,8-10H,7,14H2,(H,16,20). The monoisotopic (exact) mass is 270 g/mol. The molecule has 0 saturated carbocycles. The van der Waals surface area contributed by atoms with Crippen LogP contribution in [0.15, 0.2) is 42.7 Å². The van der Waals surface area contributed by atoms with Gasteiger partial charge in [-0.1, -0.05) is 12.2 Å². The van der Waals surface area contributed by atoms with E-state index in [1.54, 1.807) is 4.68 Å². The number of carbonyl (C=O) groups is 1. The Morgan fingerprint density at radius 1 is 1.30 bits per heavy atom. The van der Waals surface area contributed by atoms with Gasteiger partial charge in [0.1, 0.15) is 6.33 Å². The molecule has 1 aliphatic rings. The van der Waals surface area contributed by atoms with Gasteiger partial charge in [-0.25, -0.2) is 4.68 Å². The number of hydrogen-bond donors (Lipinski definition) is 2. The number of nitrogens with one attached hydrogen (secondary N) is 1. The first-order valence-electron chi connectivity index (χ1n) is 6.30. The third kappa shape index (κ3) is 2.57. The van der Waals surface area contributed by atoms with Gasteiger partial charge in [-0.05, 0) is 41.1 Å². The topological polar surface area (TPSA) is 98.7 Å². The van der Waals surface area contributed by atoms with E-state index in [0.29, 0.717) is 6.42 Å². The first-order valence-corrected chi connectivity index (χ1v) is 6.30. The zero-order chi connectivity index (χ0) is 13.9. The maximum absolute atomic E-state index is 12.0. The largest absolute Gasteiger partial charge is 0.326 e. The van der Waals surface area contributed by atoms with Crippen molar-refractivity contribution in [3.8, 4) is 5.69 Å². The smallest absolute Gasteiger partial charge is 0.231 e. The number of carbonyl (C=O) groups excluding carboxylic acids is 1. The Morgan fingerprint density at radius 3 is 2.70 bits per heavy atom. The zero-order valence-corrected chi connectivity index (χ0v) is 10.7. The molecule has 1 amide bonds. The molecule has 0 saturated heterocycles. The van der Waals surface area contributed by atoms with E-state index in [4.69, 9.17) is 5.73 Å². The van der Waals surface area contributed by atoms with Gasteiger partial charge in [-0.3, -0.25) is 4.79 Å². The van der Waals surface area contributed by atoms with Crippen molar-refractivity contribution in [3.05, 3.63) is 42.7 Å². The van der Waals surface area contributed by atoms with Crippen LogP contribution in [0.5, 0.6) is 0 Å². The van der Waals surface area contributed by atoms with Crippen LogP contribution in [0.2, 0.25) is 0 Å². The fourth-order valence-electron chi connectivity index (χ4n) is 2.13. The second kappa shape index (κ2) is 5.22. The van der Waals surface area contributed by atoms with Crippen molar-refractivity contribution in [3.63, 3.8) is 0 Å². The van der Waals surface area contributed by atoms with Crippen LogP contribution in [0, 0.1) is 5.92 Å². The van der Waals surface area contributed by atoms with E-state index >= 15 is 0 Å². The Balaban J connectivity index is 1.66. The fourth-order valence-corrected chi connectivity index (χ4v) is 2.13. The molecule has 1 aliphatic carbocycles. The highest BCUT2D eigenvalue weighted by atomic mass is 16.1. The molecule has 0 radical (unpaired) electrons. The molecule has 2 unspecified atom stereocenters. The molecular weight excluding hydrogens is 256 g/mol. The Morgan fingerprint density at radius 2 is 2.10 bits per heavy atom. The van der Waals surface area contributed by atoms with E-state index in [1.165, 1.54) is 6.33 Å². The molecule has 20 heavy (non-hydrogen) atoms. The summed E-state index contributed by atoms with van der Waals surface area (Å²) in [5.41, 5.74) is 7.31. The van der Waals surface area contributed by atoms with Crippen LogP contribution in [0.3, 0.4) is 0 Å². The molecule has 2 atom stereocenters. The summed E-state index contributed by atoms with van der Waals surface area (Å²) in [5, 5.41) is 13.8. The van der Waals surface area contributed by atoms with Crippen molar-refractivity contribution < 1.29 is 4.79 Å². The van der Waals surface area contributed by atoms with Crippen LogP contribution in [0.4, 0.5) is 5.69 Å². The van der Waals surface area contributed by atoms with Crippen molar-refractivity contribution in [2.75, 3.05) is 5.32 Å². The highest BCUT2D eigenvalue weighted by molar-refractivity contribution is 5.94. The lowest BCUT2D eigenvalue weighted by atomic mass is 10.1. The molecule has 1 aromatic heterocycles. The third-order valence-corrected chi connectivity index (χ3v) is 3.20. The van der Waals surface area contributed by atoms with Crippen LogP contribution in [0.25, 0.3) is 5.69 Å². The van der Waals surface area contributed by atoms with E-state index in [9.17, 15) is 4.79 Å². The highest BCUT2D eigenvalue weighted by Crippen LogP contribution is 2.19. The molecule has 2 aromatic rings. The van der Waals surface area contributed by atoms with Crippen LogP contribution >= 0.6 is 0 Å². The summed E-state index contributed by atoms with van der Waals surface area (Å²) in [4.78, 5) is 12.0. The molecule has 0 bridgehead atoms. The van der Waals surface area contributed by atoms with E-state index in [-0.39, 0.29) is 17.9 Å². The summed E-state index contributed by atoms with van der Waals surface area (Å²) in [5.74, 6) is -0.187. The fraction of sp³-hybridized carbons (Fsp3) is 0.231. The van der Waals surface area contributed by atoms with Crippen molar-refractivity contribution in [2.24, 2.45) is 11.7 Å². The molecule has 0 aliphatic heterocycles. The summed E-state index contributed by atoms with van der Waals surface area (Å²) in [6.07, 6.45) is 5.90. The number of aromatic nitrogens is 4. The van der Waals surface area contributed by atoms with Crippen LogP contribution in [0.1, 0.15) is 6.42 Å². The van der Waals surface area contributed by atoms with Crippen molar-refractivity contribution in [2.45, 2.75) is 12.5 Å². The lowest BCUT2D eigenvalue weighted by Gasteiger charge is -2.10. The summed E-state index contributed by atoms with van der Waals surface area (Å²) in [7, 11) is 0. The van der Waals surface area contributed by atoms with Gasteiger partial charge in [-0.15, -0.1) is 5.10 Å². The number of hydrogen-bond acceptors (Lipinski definition) is 5. The quantitative estimate of drug-likeness (QED) is 0.791. The molecule has 3 rings (SSSR count). The molecule has 3 N–H and O–H groups in total. The number of benzene rings is 1. The molecule has 0 fully saturated rings. The summed E-state index contributed by atoms with van der Waals surface area (Å²) >= 11 is 0. The van der Waals surface area contributed by atoms with Gasteiger partial charge in [0.2, 0.25) is 5.91 Å². The van der Waals surface area contributed by atoms with Gasteiger partial charge in [0.25, 0.3) is 0 Å². The average molecular weight is 270 g/mol. The van der Waals surface area contributed by atoms with Crippen LogP contribution in [-0.4, -0.2) is 32.2 Å². The third-order valence-electron chi connectivity index (χ3n) is 3.20. The SMILES string of the molecule is NC1C=CC(C(=O)Nc2ccc(-n3cnnn3)cc2)C1. The van der Waals surface area contributed by atoms with E-state index < -0.39 is 0 Å². The highest BCUT2D eigenvalue weighted by Gasteiger charge is 2.22. The maximum atomic E-state index is 12.0. The normalized spacial score (nSPS) is 21.1. The van der Waals surface area contributed by atoms with Crippen LogP contribution in [-0.2, 0) is 4.79 Å². The van der Waals surface area contributed by atoms with Crippen molar-refractivity contribution in [1.29, 1.82) is 0 Å². The average Bonchev–Trinajstić information content (AvgIpc) is 3.10. The second-order valence-electron chi connectivity index (χ2n) is 4.68. The van der Waals surface area contributed by atoms with E-state index in [2.05, 4.69) is 20.8 Å². The summed E-state index contributed by atoms with van der Waals surface area (Å²) in [6.45, 7) is 0. The predicted molar refractivity (Wildman–Crippen MR) is 73.0 cm³/mol. The molecule has 0 spiro atoms. The van der Waals surface area contributed by atoms with E-state index in [0.717, 1.165) is 11.4 Å². The lowest BCUT2D eigenvalue weighted by molar-refractivity contribution is -0.118. The van der Waals surface area contributed by atoms with Gasteiger partial charge in [-0.2, -0.15) is 0 Å². The van der Waals surface area contributed by atoms with Gasteiger partial charge in [0.15, 0.2) is 0 Å². The van der Waals surface area contributed by atoms with Gasteiger partial charge in [0.05, 0.1) is 11.6 Å². The maximum Gasteiger partial charge on any atom is 0.231 e. The Bertz CT molecular complexity index is 619. The molecule has 7 heteroatoms. The van der Waals surface area contributed by atoms with E-state index in [1.807, 2.05) is 36.4 Å². The molecule has 7 nitrogen and oxygen atoms in total. The second-order valence-corrected chi connectivity index (χ2v) is 4.68. The number of nitrogens with zero attached hydrogens (tertiary/aromatic N) is 4. The van der Waals surface area contributed by atoms with Gasteiger partial charge in [0, 0.05) is 11.7 Å². The minimum Gasteiger partial charge on any atom is -0.326 e. The van der Waals surface area contributed by atoms with Gasteiger partial charge >= 0.3 is 0 Å². The Labute approximate surface area is 115 Å². The van der Waals surface area contributed by atoms with Crippen molar-refractivity contribution >= 4 is 11.6 Å². The predicted octanol–water partition coefficient (Wildman–Crippen LogP) is 0.504. The minimum atomic E-state index is -0.149. The van der Waals surface area contributed by atoms with Crippen LogP contribution < -0.4 is 11.1 Å². The Hall–Kier alpha value is -2.54. The number of amides is 1. The molecular formula is C13H14N6O. The molecule has 1 aromatic carbocycles. The minimum absolute atomic E-state index is 0.0204. The Kier molecular flexibility index (Phi) is 3.26. The number of rotatable bonds is 3. The number of tetrazole rings is 1. The van der Waals surface area contributed by atoms with Crippen molar-refractivity contribution in [1.82, 2.24) is 20.2 Å². The lowest BCUT2D eigenvalue weighted by Crippen LogP contribution is -2.23. The van der Waals surface area contributed by atoms with Gasteiger partial charge < -0.3 is 11.1 Å². The molecule has 102 valence electrons. The summed E-state index contributed by atoms with van der Waals surface area (Å²) in [6, 6.07) is 7.28. The number of anilines is 1. The first-order chi connectivity index (χ1) is 9.72.